The third kappa shape index (κ3) is 2.86. The Morgan fingerprint density at radius 2 is 2.11 bits per heavy atom. The zero-order valence-electron chi connectivity index (χ0n) is 12.5. The Morgan fingerprint density at radius 3 is 2.56 bits per heavy atom. The van der Waals surface area contributed by atoms with Crippen LogP contribution in [-0.4, -0.2) is 41.5 Å². The molecule has 0 saturated heterocycles. The van der Waals surface area contributed by atoms with Crippen LogP contribution in [0.5, 0.6) is 0 Å². The maximum Gasteiger partial charge on any atom is 0.237 e. The lowest BCUT2D eigenvalue weighted by atomic mass is 9.94. The number of carbonyl (C=O) groups excluding carboxylic acids is 1. The second kappa shape index (κ2) is 5.57. The van der Waals surface area contributed by atoms with E-state index in [0.29, 0.717) is 6.04 Å². The molecule has 0 radical (unpaired) electrons. The molecule has 0 heterocycles. The number of amides is 1. The molecule has 18 heavy (non-hydrogen) atoms. The molecule has 0 bridgehead atoms. The third-order valence-corrected chi connectivity index (χ3v) is 4.84. The van der Waals surface area contributed by atoms with Crippen molar-refractivity contribution in [3.8, 4) is 0 Å². The lowest BCUT2D eigenvalue weighted by molar-refractivity contribution is -0.124. The lowest BCUT2D eigenvalue weighted by Crippen LogP contribution is -2.55. The number of nitrogens with two attached hydrogens (primary N) is 1. The fourth-order valence-electron chi connectivity index (χ4n) is 2.90. The van der Waals surface area contributed by atoms with Gasteiger partial charge in [-0.2, -0.15) is 0 Å². The fourth-order valence-corrected chi connectivity index (χ4v) is 2.90. The third-order valence-electron chi connectivity index (χ3n) is 4.84. The summed E-state index contributed by atoms with van der Waals surface area (Å²) in [5, 5.41) is 3.31. The Bertz CT molecular complexity index is 303. The lowest BCUT2D eigenvalue weighted by Gasteiger charge is -2.40. The van der Waals surface area contributed by atoms with Gasteiger partial charge in [0.15, 0.2) is 0 Å². The van der Waals surface area contributed by atoms with Gasteiger partial charge in [-0.15, -0.1) is 0 Å². The first-order valence-electron chi connectivity index (χ1n) is 7.07. The topological polar surface area (TPSA) is 58.4 Å². The molecule has 4 nitrogen and oxygen atoms in total. The molecule has 1 amide bonds. The quantitative estimate of drug-likeness (QED) is 0.756. The molecule has 1 fully saturated rings. The van der Waals surface area contributed by atoms with Crippen LogP contribution in [0.4, 0.5) is 0 Å². The van der Waals surface area contributed by atoms with Gasteiger partial charge in [0, 0.05) is 11.6 Å². The van der Waals surface area contributed by atoms with Crippen LogP contribution >= 0.6 is 0 Å². The molecule has 0 aromatic carbocycles. The van der Waals surface area contributed by atoms with E-state index in [4.69, 9.17) is 5.73 Å². The van der Waals surface area contributed by atoms with Crippen molar-refractivity contribution in [3.05, 3.63) is 0 Å². The SMILES string of the molecule is CCNC1(C(N)=O)CCC(N(C)C(C)(C)CC)C1. The Balaban J connectivity index is 2.78. The van der Waals surface area contributed by atoms with Crippen molar-refractivity contribution >= 4 is 5.91 Å². The van der Waals surface area contributed by atoms with E-state index in [1.165, 1.54) is 0 Å². The molecule has 0 aromatic heterocycles. The van der Waals surface area contributed by atoms with Gasteiger partial charge in [-0.05, 0) is 53.1 Å². The summed E-state index contributed by atoms with van der Waals surface area (Å²) in [6, 6.07) is 0.437. The largest absolute Gasteiger partial charge is 0.368 e. The summed E-state index contributed by atoms with van der Waals surface area (Å²) in [5.74, 6) is -0.199. The monoisotopic (exact) mass is 255 g/mol. The molecule has 0 aliphatic heterocycles. The predicted octanol–water partition coefficient (Wildman–Crippen LogP) is 1.49. The molecule has 1 rings (SSSR count). The van der Waals surface area contributed by atoms with Gasteiger partial charge >= 0.3 is 0 Å². The van der Waals surface area contributed by atoms with Crippen LogP contribution in [0.25, 0.3) is 0 Å². The van der Waals surface area contributed by atoms with Crippen molar-refractivity contribution in [1.82, 2.24) is 10.2 Å². The van der Waals surface area contributed by atoms with E-state index in [2.05, 4.69) is 38.0 Å². The molecule has 3 N–H and O–H groups in total. The van der Waals surface area contributed by atoms with Crippen LogP contribution in [0.3, 0.4) is 0 Å². The maximum absolute atomic E-state index is 11.7. The van der Waals surface area contributed by atoms with Gasteiger partial charge in [0.2, 0.25) is 5.91 Å². The first kappa shape index (κ1) is 15.4. The highest BCUT2D eigenvalue weighted by Crippen LogP contribution is 2.35. The van der Waals surface area contributed by atoms with Crippen molar-refractivity contribution in [3.63, 3.8) is 0 Å². The Morgan fingerprint density at radius 1 is 1.50 bits per heavy atom. The number of nitrogens with one attached hydrogen (secondary N) is 1. The minimum absolute atomic E-state index is 0.171. The predicted molar refractivity (Wildman–Crippen MR) is 75.4 cm³/mol. The van der Waals surface area contributed by atoms with E-state index in [1.54, 1.807) is 0 Å². The highest BCUT2D eigenvalue weighted by molar-refractivity contribution is 5.85. The van der Waals surface area contributed by atoms with Gasteiger partial charge in [0.1, 0.15) is 0 Å². The summed E-state index contributed by atoms with van der Waals surface area (Å²) >= 11 is 0. The van der Waals surface area contributed by atoms with Crippen molar-refractivity contribution in [2.45, 2.75) is 70.5 Å². The average molecular weight is 255 g/mol. The van der Waals surface area contributed by atoms with E-state index >= 15 is 0 Å². The zero-order chi connectivity index (χ0) is 14.0. The van der Waals surface area contributed by atoms with Crippen LogP contribution in [0, 0.1) is 0 Å². The van der Waals surface area contributed by atoms with Crippen LogP contribution in [-0.2, 0) is 4.79 Å². The van der Waals surface area contributed by atoms with Crippen LogP contribution in [0.1, 0.15) is 53.4 Å². The summed E-state index contributed by atoms with van der Waals surface area (Å²) in [7, 11) is 2.16. The van der Waals surface area contributed by atoms with E-state index in [0.717, 1.165) is 32.2 Å². The summed E-state index contributed by atoms with van der Waals surface area (Å²) in [6.45, 7) is 9.53. The summed E-state index contributed by atoms with van der Waals surface area (Å²) in [5.41, 5.74) is 5.29. The van der Waals surface area contributed by atoms with Gasteiger partial charge < -0.3 is 11.1 Å². The fraction of sp³-hybridized carbons (Fsp3) is 0.929. The number of carbonyl (C=O) groups is 1. The van der Waals surface area contributed by atoms with E-state index < -0.39 is 5.54 Å². The molecule has 4 heteroatoms. The standard InChI is InChI=1S/C14H29N3O/c1-6-13(3,4)17(5)11-8-9-14(10-11,12(15)18)16-7-2/h11,16H,6-10H2,1-5H3,(H2,15,18). The molecule has 2 unspecified atom stereocenters. The molecule has 1 aliphatic carbocycles. The molecule has 1 saturated carbocycles. The second-order valence-corrected chi connectivity index (χ2v) is 6.15. The Hall–Kier alpha value is -0.610. The van der Waals surface area contributed by atoms with E-state index in [9.17, 15) is 4.79 Å². The van der Waals surface area contributed by atoms with E-state index in [1.807, 2.05) is 6.92 Å². The number of hydrogen-bond acceptors (Lipinski definition) is 3. The number of likely N-dealkylation sites (N-methyl/N-ethyl adjacent to an activating group) is 1. The van der Waals surface area contributed by atoms with Crippen LogP contribution in [0.2, 0.25) is 0 Å². The number of hydrogen-bond donors (Lipinski definition) is 2. The van der Waals surface area contributed by atoms with Crippen molar-refractivity contribution in [2.75, 3.05) is 13.6 Å². The van der Waals surface area contributed by atoms with Crippen LogP contribution < -0.4 is 11.1 Å². The first-order valence-corrected chi connectivity index (χ1v) is 7.07. The highest BCUT2D eigenvalue weighted by Gasteiger charge is 2.46. The minimum atomic E-state index is -0.489. The van der Waals surface area contributed by atoms with Gasteiger partial charge in [-0.25, -0.2) is 0 Å². The Kier molecular flexibility index (Phi) is 4.78. The normalized spacial score (nSPS) is 28.9. The summed E-state index contributed by atoms with van der Waals surface area (Å²) in [6.07, 6.45) is 3.82. The molecule has 0 spiro atoms. The molecule has 0 aromatic rings. The highest BCUT2D eigenvalue weighted by atomic mass is 16.1. The molecule has 2 atom stereocenters. The average Bonchev–Trinajstić information content (AvgIpc) is 2.74. The molecule has 1 aliphatic rings. The summed E-state index contributed by atoms with van der Waals surface area (Å²) < 4.78 is 0. The van der Waals surface area contributed by atoms with Crippen LogP contribution in [0.15, 0.2) is 0 Å². The zero-order valence-corrected chi connectivity index (χ0v) is 12.5. The molecule has 106 valence electrons. The molecular formula is C14H29N3O. The maximum atomic E-state index is 11.7. The van der Waals surface area contributed by atoms with Gasteiger partial charge in [-0.1, -0.05) is 13.8 Å². The van der Waals surface area contributed by atoms with Crippen molar-refractivity contribution in [1.29, 1.82) is 0 Å². The van der Waals surface area contributed by atoms with Crippen molar-refractivity contribution in [2.24, 2.45) is 5.73 Å². The number of nitrogens with zero attached hydrogens (tertiary/aromatic N) is 1. The second-order valence-electron chi connectivity index (χ2n) is 6.15. The van der Waals surface area contributed by atoms with Gasteiger partial charge in [0.05, 0.1) is 5.54 Å². The van der Waals surface area contributed by atoms with Crippen molar-refractivity contribution < 1.29 is 4.79 Å². The summed E-state index contributed by atoms with van der Waals surface area (Å²) in [4.78, 5) is 14.2. The Labute approximate surface area is 111 Å². The van der Waals surface area contributed by atoms with Gasteiger partial charge in [0.25, 0.3) is 0 Å². The number of primary amides is 1. The number of rotatable bonds is 6. The molecular weight excluding hydrogens is 226 g/mol. The van der Waals surface area contributed by atoms with Gasteiger partial charge in [-0.3, -0.25) is 9.69 Å². The smallest absolute Gasteiger partial charge is 0.237 e. The minimum Gasteiger partial charge on any atom is -0.368 e. The first-order chi connectivity index (χ1) is 8.29. The van der Waals surface area contributed by atoms with E-state index in [-0.39, 0.29) is 11.4 Å².